The van der Waals surface area contributed by atoms with Crippen LogP contribution in [0.5, 0.6) is 5.75 Å². The first kappa shape index (κ1) is 18.0. The molecule has 0 fully saturated rings. The zero-order valence-electron chi connectivity index (χ0n) is 14.3. The van der Waals surface area contributed by atoms with Gasteiger partial charge in [0, 0.05) is 4.88 Å². The first-order chi connectivity index (χ1) is 11.3. The van der Waals surface area contributed by atoms with E-state index in [0.717, 1.165) is 16.0 Å². The molecule has 1 aromatic carbocycles. The van der Waals surface area contributed by atoms with Crippen molar-refractivity contribution in [1.29, 1.82) is 0 Å². The zero-order valence-corrected chi connectivity index (χ0v) is 15.1. The van der Waals surface area contributed by atoms with Crippen LogP contribution in [0.25, 0.3) is 0 Å². The molecule has 0 bridgehead atoms. The Bertz CT molecular complexity index is 768. The largest absolute Gasteiger partial charge is 0.481 e. The average molecular weight is 346 g/mol. The van der Waals surface area contributed by atoms with Crippen molar-refractivity contribution >= 4 is 28.2 Å². The summed E-state index contributed by atoms with van der Waals surface area (Å²) in [6.45, 7) is 7.55. The molecule has 0 spiro atoms. The second-order valence-electron chi connectivity index (χ2n) is 5.67. The van der Waals surface area contributed by atoms with Gasteiger partial charge in [-0.05, 0) is 50.5 Å². The third-order valence-corrected chi connectivity index (χ3v) is 4.92. The van der Waals surface area contributed by atoms with Crippen LogP contribution in [0.2, 0.25) is 0 Å². The highest BCUT2D eigenvalue weighted by Crippen LogP contribution is 2.32. The lowest BCUT2D eigenvalue weighted by atomic mass is 10.1. The first-order valence-electron chi connectivity index (χ1n) is 7.77. The van der Waals surface area contributed by atoms with E-state index >= 15 is 0 Å². The van der Waals surface area contributed by atoms with Crippen molar-refractivity contribution < 1.29 is 14.3 Å². The van der Waals surface area contributed by atoms with Gasteiger partial charge in [-0.3, -0.25) is 9.59 Å². The maximum atomic E-state index is 12.5. The minimum absolute atomic E-state index is 0.289. The molecule has 2 rings (SSSR count). The molecule has 24 heavy (non-hydrogen) atoms. The van der Waals surface area contributed by atoms with Gasteiger partial charge >= 0.3 is 0 Å². The molecule has 1 unspecified atom stereocenters. The summed E-state index contributed by atoms with van der Waals surface area (Å²) < 4.78 is 5.79. The second kappa shape index (κ2) is 7.49. The van der Waals surface area contributed by atoms with Gasteiger partial charge in [0.25, 0.3) is 11.8 Å². The van der Waals surface area contributed by atoms with Crippen LogP contribution >= 0.6 is 11.3 Å². The number of benzene rings is 1. The van der Waals surface area contributed by atoms with Gasteiger partial charge in [-0.15, -0.1) is 11.3 Å². The fourth-order valence-corrected chi connectivity index (χ4v) is 3.45. The molecule has 0 radical (unpaired) electrons. The lowest BCUT2D eigenvalue weighted by molar-refractivity contribution is -0.122. The highest BCUT2D eigenvalue weighted by atomic mass is 32.1. The van der Waals surface area contributed by atoms with Crippen LogP contribution < -0.4 is 15.8 Å². The number of carbonyl (C=O) groups is 2. The van der Waals surface area contributed by atoms with Gasteiger partial charge in [0.15, 0.2) is 6.10 Å². The SMILES string of the molecule is CCC(Oc1cccc(C)c1)C(=O)Nc1sc(C)c(C)c1C(N)=O. The molecule has 0 aliphatic heterocycles. The lowest BCUT2D eigenvalue weighted by Crippen LogP contribution is -2.32. The molecule has 6 heteroatoms. The summed E-state index contributed by atoms with van der Waals surface area (Å²) in [6.07, 6.45) is -0.134. The quantitative estimate of drug-likeness (QED) is 0.839. The summed E-state index contributed by atoms with van der Waals surface area (Å²) in [6, 6.07) is 7.54. The van der Waals surface area contributed by atoms with Gasteiger partial charge in [0.1, 0.15) is 10.8 Å². The van der Waals surface area contributed by atoms with E-state index in [0.29, 0.717) is 22.7 Å². The maximum absolute atomic E-state index is 12.5. The van der Waals surface area contributed by atoms with Gasteiger partial charge in [0.05, 0.1) is 5.56 Å². The molecular weight excluding hydrogens is 324 g/mol. The van der Waals surface area contributed by atoms with Gasteiger partial charge in [-0.2, -0.15) is 0 Å². The van der Waals surface area contributed by atoms with E-state index < -0.39 is 12.0 Å². The Balaban J connectivity index is 2.18. The Hall–Kier alpha value is -2.34. The number of amides is 2. The van der Waals surface area contributed by atoms with Gasteiger partial charge in [0.2, 0.25) is 0 Å². The predicted octanol–water partition coefficient (Wildman–Crippen LogP) is 3.57. The smallest absolute Gasteiger partial charge is 0.266 e. The number of carbonyl (C=O) groups excluding carboxylic acids is 2. The summed E-state index contributed by atoms with van der Waals surface area (Å²) in [7, 11) is 0. The van der Waals surface area contributed by atoms with Crippen LogP contribution in [0.3, 0.4) is 0 Å². The number of anilines is 1. The molecule has 0 aliphatic carbocycles. The molecule has 0 saturated heterocycles. The predicted molar refractivity (Wildman–Crippen MR) is 96.8 cm³/mol. The van der Waals surface area contributed by atoms with E-state index in [9.17, 15) is 9.59 Å². The van der Waals surface area contributed by atoms with Crippen molar-refractivity contribution in [3.8, 4) is 5.75 Å². The topological polar surface area (TPSA) is 81.4 Å². The average Bonchev–Trinajstić information content (AvgIpc) is 2.79. The molecule has 2 amide bonds. The molecular formula is C18H22N2O3S. The van der Waals surface area contributed by atoms with Crippen molar-refractivity contribution in [2.75, 3.05) is 5.32 Å². The number of thiophene rings is 1. The van der Waals surface area contributed by atoms with E-state index in [1.807, 2.05) is 52.0 Å². The minimum Gasteiger partial charge on any atom is -0.481 e. The summed E-state index contributed by atoms with van der Waals surface area (Å²) in [5.41, 5.74) is 7.67. The van der Waals surface area contributed by atoms with Crippen molar-refractivity contribution in [1.82, 2.24) is 0 Å². The molecule has 3 N–H and O–H groups in total. The lowest BCUT2D eigenvalue weighted by Gasteiger charge is -2.17. The number of aryl methyl sites for hydroxylation is 2. The monoisotopic (exact) mass is 346 g/mol. The van der Waals surface area contributed by atoms with Crippen molar-refractivity contribution in [2.45, 2.75) is 40.2 Å². The third-order valence-electron chi connectivity index (χ3n) is 3.80. The molecule has 5 nitrogen and oxygen atoms in total. The van der Waals surface area contributed by atoms with Crippen LogP contribution in [-0.2, 0) is 4.79 Å². The van der Waals surface area contributed by atoms with E-state index in [1.54, 1.807) is 0 Å². The normalized spacial score (nSPS) is 11.8. The number of hydrogen-bond donors (Lipinski definition) is 2. The van der Waals surface area contributed by atoms with Crippen molar-refractivity contribution in [2.24, 2.45) is 5.73 Å². The van der Waals surface area contributed by atoms with Gasteiger partial charge < -0.3 is 15.8 Å². The molecule has 0 saturated carbocycles. The minimum atomic E-state index is -0.643. The standard InChI is InChI=1S/C18H22N2O3S/c1-5-14(23-13-8-6-7-10(2)9-13)17(22)20-18-15(16(19)21)11(3)12(4)24-18/h6-9,14H,5H2,1-4H3,(H2,19,21)(H,20,22). The summed E-state index contributed by atoms with van der Waals surface area (Å²) in [5.74, 6) is -0.187. The molecule has 2 aromatic rings. The summed E-state index contributed by atoms with van der Waals surface area (Å²) in [4.78, 5) is 25.1. The Morgan fingerprint density at radius 2 is 2.00 bits per heavy atom. The van der Waals surface area contributed by atoms with Crippen LogP contribution in [0, 0.1) is 20.8 Å². The van der Waals surface area contributed by atoms with E-state index in [1.165, 1.54) is 11.3 Å². The highest BCUT2D eigenvalue weighted by Gasteiger charge is 2.23. The second-order valence-corrected chi connectivity index (χ2v) is 6.90. The molecule has 0 aliphatic rings. The van der Waals surface area contributed by atoms with Crippen LogP contribution in [-0.4, -0.2) is 17.9 Å². The van der Waals surface area contributed by atoms with Crippen molar-refractivity contribution in [3.05, 3.63) is 45.8 Å². The van der Waals surface area contributed by atoms with E-state index in [4.69, 9.17) is 10.5 Å². The van der Waals surface area contributed by atoms with Crippen molar-refractivity contribution in [3.63, 3.8) is 0 Å². The van der Waals surface area contributed by atoms with E-state index in [-0.39, 0.29) is 5.91 Å². The third kappa shape index (κ3) is 3.94. The Labute approximate surface area is 145 Å². The van der Waals surface area contributed by atoms with Crippen LogP contribution in [0.4, 0.5) is 5.00 Å². The van der Waals surface area contributed by atoms with Crippen LogP contribution in [0.1, 0.15) is 39.7 Å². The number of hydrogen-bond acceptors (Lipinski definition) is 4. The van der Waals surface area contributed by atoms with Gasteiger partial charge in [-0.1, -0.05) is 19.1 Å². The van der Waals surface area contributed by atoms with Gasteiger partial charge in [-0.25, -0.2) is 0 Å². The molecule has 1 aromatic heterocycles. The Morgan fingerprint density at radius 3 is 2.58 bits per heavy atom. The summed E-state index contributed by atoms with van der Waals surface area (Å²) >= 11 is 1.35. The first-order valence-corrected chi connectivity index (χ1v) is 8.59. The molecule has 1 heterocycles. The number of rotatable bonds is 6. The number of nitrogens with one attached hydrogen (secondary N) is 1. The maximum Gasteiger partial charge on any atom is 0.266 e. The number of ether oxygens (including phenoxy) is 1. The van der Waals surface area contributed by atoms with E-state index in [2.05, 4.69) is 5.32 Å². The Kier molecular flexibility index (Phi) is 5.62. The fourth-order valence-electron chi connectivity index (χ4n) is 2.38. The molecule has 128 valence electrons. The number of primary amides is 1. The zero-order chi connectivity index (χ0) is 17.9. The number of nitrogens with two attached hydrogens (primary N) is 1. The van der Waals surface area contributed by atoms with Crippen LogP contribution in [0.15, 0.2) is 24.3 Å². The highest BCUT2D eigenvalue weighted by molar-refractivity contribution is 7.16. The fraction of sp³-hybridized carbons (Fsp3) is 0.333. The molecule has 1 atom stereocenters. The summed E-state index contributed by atoms with van der Waals surface area (Å²) in [5, 5.41) is 3.27. The Morgan fingerprint density at radius 1 is 1.29 bits per heavy atom.